The van der Waals surface area contributed by atoms with Crippen LogP contribution in [0.3, 0.4) is 0 Å². The predicted octanol–water partition coefficient (Wildman–Crippen LogP) is 2.66. The highest BCUT2D eigenvalue weighted by Crippen LogP contribution is 2.36. The average molecular weight is 443 g/mol. The lowest BCUT2D eigenvalue weighted by Crippen LogP contribution is -2.31. The minimum Gasteiger partial charge on any atom is -0.465 e. The summed E-state index contributed by atoms with van der Waals surface area (Å²) in [6.45, 7) is 0.292. The van der Waals surface area contributed by atoms with E-state index in [4.69, 9.17) is 9.47 Å². The zero-order chi connectivity index (χ0) is 22.2. The maximum atomic E-state index is 13.5. The van der Waals surface area contributed by atoms with Crippen LogP contribution in [-0.4, -0.2) is 55.4 Å². The molecule has 3 aromatic rings. The van der Waals surface area contributed by atoms with E-state index in [1.807, 2.05) is 24.3 Å². The van der Waals surface area contributed by atoms with Crippen LogP contribution in [0.5, 0.6) is 0 Å². The van der Waals surface area contributed by atoms with Crippen LogP contribution in [0.25, 0.3) is 11.0 Å². The van der Waals surface area contributed by atoms with Crippen LogP contribution >= 0.6 is 0 Å². The lowest BCUT2D eigenvalue weighted by Gasteiger charge is -2.23. The lowest BCUT2D eigenvalue weighted by atomic mass is 10.1. The number of nitrogens with one attached hydrogen (secondary N) is 1. The molecular formula is C21H21N3O6S. The van der Waals surface area contributed by atoms with Gasteiger partial charge in [0.05, 0.1) is 47.3 Å². The van der Waals surface area contributed by atoms with Crippen molar-refractivity contribution in [3.8, 4) is 0 Å². The molecule has 0 radical (unpaired) electrons. The fourth-order valence-corrected chi connectivity index (χ4v) is 5.52. The van der Waals surface area contributed by atoms with Crippen LogP contribution in [0, 0.1) is 0 Å². The topological polar surface area (TPSA) is 119 Å². The SMILES string of the molecule is COC(=O)c1cc(C(=O)OC)cc(S(=O)(=O)N2CCCC2c2nc3ccccc3[nH]2)c1. The summed E-state index contributed by atoms with van der Waals surface area (Å²) in [5.74, 6) is -0.950. The smallest absolute Gasteiger partial charge is 0.337 e. The monoisotopic (exact) mass is 443 g/mol. The number of methoxy groups -OCH3 is 2. The lowest BCUT2D eigenvalue weighted by molar-refractivity contribution is 0.0598. The molecule has 31 heavy (non-hydrogen) atoms. The van der Waals surface area contributed by atoms with Gasteiger partial charge < -0.3 is 14.5 Å². The predicted molar refractivity (Wildman–Crippen MR) is 111 cm³/mol. The maximum absolute atomic E-state index is 13.5. The number of sulfonamides is 1. The van der Waals surface area contributed by atoms with Gasteiger partial charge in [-0.25, -0.2) is 23.0 Å². The van der Waals surface area contributed by atoms with Crippen molar-refractivity contribution in [2.75, 3.05) is 20.8 Å². The number of esters is 2. The van der Waals surface area contributed by atoms with Gasteiger partial charge in [0.25, 0.3) is 0 Å². The average Bonchev–Trinajstić information content (AvgIpc) is 3.44. The molecule has 1 fully saturated rings. The number of hydrogen-bond donors (Lipinski definition) is 1. The maximum Gasteiger partial charge on any atom is 0.337 e. The minimum atomic E-state index is -4.04. The molecule has 1 aliphatic rings. The van der Waals surface area contributed by atoms with Gasteiger partial charge in [0.1, 0.15) is 5.82 Å². The summed E-state index contributed by atoms with van der Waals surface area (Å²) in [7, 11) is -1.68. The van der Waals surface area contributed by atoms with Crippen LogP contribution < -0.4 is 0 Å². The Morgan fingerprint density at radius 3 is 2.32 bits per heavy atom. The van der Waals surface area contributed by atoms with Crippen LogP contribution in [0.15, 0.2) is 47.4 Å². The molecule has 1 atom stereocenters. The van der Waals surface area contributed by atoms with Crippen molar-refractivity contribution < 1.29 is 27.5 Å². The highest BCUT2D eigenvalue weighted by Gasteiger charge is 2.38. The molecule has 1 aliphatic heterocycles. The molecule has 0 aliphatic carbocycles. The highest BCUT2D eigenvalue weighted by molar-refractivity contribution is 7.89. The van der Waals surface area contributed by atoms with E-state index < -0.39 is 28.0 Å². The molecule has 4 rings (SSSR count). The van der Waals surface area contributed by atoms with E-state index in [9.17, 15) is 18.0 Å². The normalized spacial score (nSPS) is 17.0. The number of H-pyrrole nitrogens is 1. The van der Waals surface area contributed by atoms with Gasteiger partial charge in [-0.1, -0.05) is 12.1 Å². The second-order valence-electron chi connectivity index (χ2n) is 7.14. The first kappa shape index (κ1) is 21.0. The molecule has 0 spiro atoms. The van der Waals surface area contributed by atoms with Gasteiger partial charge in [0.15, 0.2) is 0 Å². The minimum absolute atomic E-state index is 0.0524. The number of aromatic amines is 1. The molecule has 162 valence electrons. The van der Waals surface area contributed by atoms with Gasteiger partial charge in [-0.05, 0) is 43.2 Å². The summed E-state index contributed by atoms with van der Waals surface area (Å²) in [5, 5.41) is 0. The number of carbonyl (C=O) groups excluding carboxylic acids is 2. The first-order valence-electron chi connectivity index (χ1n) is 9.63. The second-order valence-corrected chi connectivity index (χ2v) is 9.03. The van der Waals surface area contributed by atoms with E-state index in [0.717, 1.165) is 11.0 Å². The van der Waals surface area contributed by atoms with Crippen LogP contribution in [-0.2, 0) is 19.5 Å². The Hall–Kier alpha value is -3.24. The molecule has 10 heteroatoms. The third-order valence-corrected chi connectivity index (χ3v) is 7.17. The Bertz CT molecular complexity index is 1200. The van der Waals surface area contributed by atoms with Gasteiger partial charge in [-0.3, -0.25) is 0 Å². The van der Waals surface area contributed by atoms with Crippen molar-refractivity contribution in [3.05, 3.63) is 59.4 Å². The fraction of sp³-hybridized carbons (Fsp3) is 0.286. The number of para-hydroxylation sites is 2. The Morgan fingerprint density at radius 1 is 1.06 bits per heavy atom. The van der Waals surface area contributed by atoms with Gasteiger partial charge in [-0.15, -0.1) is 0 Å². The van der Waals surface area contributed by atoms with E-state index in [-0.39, 0.29) is 16.0 Å². The summed E-state index contributed by atoms with van der Waals surface area (Å²) in [6, 6.07) is 10.7. The first-order chi connectivity index (χ1) is 14.8. The van der Waals surface area contributed by atoms with Crippen molar-refractivity contribution in [3.63, 3.8) is 0 Å². The molecule has 0 saturated carbocycles. The molecule has 2 heterocycles. The number of benzene rings is 2. The summed E-state index contributed by atoms with van der Waals surface area (Å²) in [4.78, 5) is 31.7. The van der Waals surface area contributed by atoms with E-state index in [1.165, 1.54) is 36.7 Å². The number of hydrogen-bond acceptors (Lipinski definition) is 7. The van der Waals surface area contributed by atoms with E-state index in [0.29, 0.717) is 25.2 Å². The van der Waals surface area contributed by atoms with Crippen molar-refractivity contribution in [1.82, 2.24) is 14.3 Å². The third kappa shape index (κ3) is 3.79. The highest BCUT2D eigenvalue weighted by atomic mass is 32.2. The number of nitrogens with zero attached hydrogens (tertiary/aromatic N) is 2. The number of imidazole rings is 1. The standard InChI is InChI=1S/C21H21N3O6S/c1-29-20(25)13-10-14(21(26)30-2)12-15(11-13)31(27,28)24-9-5-8-18(24)19-22-16-6-3-4-7-17(16)23-19/h3-4,6-7,10-12,18H,5,8-9H2,1-2H3,(H,22,23). The zero-order valence-electron chi connectivity index (χ0n) is 17.0. The van der Waals surface area contributed by atoms with Crippen LogP contribution in [0.1, 0.15) is 45.4 Å². The summed E-state index contributed by atoms with van der Waals surface area (Å²) in [5.41, 5.74) is 1.47. The fourth-order valence-electron chi connectivity index (χ4n) is 3.79. The largest absolute Gasteiger partial charge is 0.465 e. The second kappa shape index (κ2) is 8.12. The molecule has 1 saturated heterocycles. The van der Waals surface area contributed by atoms with Crippen LogP contribution in [0.2, 0.25) is 0 Å². The van der Waals surface area contributed by atoms with Crippen molar-refractivity contribution in [1.29, 1.82) is 0 Å². The molecule has 0 amide bonds. The molecule has 1 N–H and O–H groups in total. The van der Waals surface area contributed by atoms with Gasteiger partial charge in [-0.2, -0.15) is 4.31 Å². The third-order valence-electron chi connectivity index (χ3n) is 5.28. The molecule has 9 nitrogen and oxygen atoms in total. The Balaban J connectivity index is 1.77. The number of ether oxygens (including phenoxy) is 2. The number of carbonyl (C=O) groups is 2. The Labute approximate surface area is 179 Å². The number of rotatable bonds is 5. The Morgan fingerprint density at radius 2 is 1.71 bits per heavy atom. The molecule has 2 aromatic carbocycles. The zero-order valence-corrected chi connectivity index (χ0v) is 17.8. The van der Waals surface area contributed by atoms with Gasteiger partial charge in [0, 0.05) is 6.54 Å². The van der Waals surface area contributed by atoms with E-state index >= 15 is 0 Å². The molecular weight excluding hydrogens is 422 g/mol. The first-order valence-corrected chi connectivity index (χ1v) is 11.1. The van der Waals surface area contributed by atoms with Gasteiger partial charge in [0.2, 0.25) is 10.0 Å². The van der Waals surface area contributed by atoms with Crippen molar-refractivity contribution in [2.24, 2.45) is 0 Å². The van der Waals surface area contributed by atoms with Crippen molar-refractivity contribution in [2.45, 2.75) is 23.8 Å². The summed E-state index contributed by atoms with van der Waals surface area (Å²) < 4.78 is 37.8. The Kier molecular flexibility index (Phi) is 5.50. The number of aromatic nitrogens is 2. The van der Waals surface area contributed by atoms with E-state index in [2.05, 4.69) is 9.97 Å². The molecule has 1 aromatic heterocycles. The summed E-state index contributed by atoms with van der Waals surface area (Å²) in [6.07, 6.45) is 1.25. The van der Waals surface area contributed by atoms with E-state index in [1.54, 1.807) is 0 Å². The van der Waals surface area contributed by atoms with Crippen molar-refractivity contribution >= 4 is 33.0 Å². The summed E-state index contributed by atoms with van der Waals surface area (Å²) >= 11 is 0. The quantitative estimate of drug-likeness (QED) is 0.602. The van der Waals surface area contributed by atoms with Gasteiger partial charge >= 0.3 is 11.9 Å². The van der Waals surface area contributed by atoms with Crippen LogP contribution in [0.4, 0.5) is 0 Å². The number of fused-ring (bicyclic) bond motifs is 1. The molecule has 1 unspecified atom stereocenters. The molecule has 0 bridgehead atoms.